The number of hydrogen-bond acceptors (Lipinski definition) is 1. The fraction of sp³-hybridized carbons (Fsp3) is 0.400. The molecule has 0 aliphatic rings. The van der Waals surface area contributed by atoms with Gasteiger partial charge in [-0.2, -0.15) is 5.70 Å². The molecule has 1 amide bonds. The van der Waals surface area contributed by atoms with Crippen LogP contribution in [0, 0.1) is 6.58 Å². The molecule has 0 radical (unpaired) electrons. The maximum atomic E-state index is 10.0. The van der Waals surface area contributed by atoms with Crippen molar-refractivity contribution >= 4 is 5.91 Å². The molecule has 0 unspecified atom stereocenters. The van der Waals surface area contributed by atoms with Crippen molar-refractivity contribution in [2.45, 2.75) is 13.8 Å². The van der Waals surface area contributed by atoms with E-state index in [1.54, 1.807) is 6.92 Å². The molecule has 40 valence electrons. The molecule has 0 fully saturated rings. The zero-order chi connectivity index (χ0) is 5.86. The second kappa shape index (κ2) is 5.35. The van der Waals surface area contributed by atoms with Gasteiger partial charge >= 0.3 is 29.6 Å². The van der Waals surface area contributed by atoms with Crippen molar-refractivity contribution in [3.8, 4) is 0 Å². The standard InChI is InChI=1S/C5H8NO.Na/c1-4(2)6-5(3)7;/h1H,2-3H3,(H,6,7);/q-1;+1. The Labute approximate surface area is 71.6 Å². The minimum absolute atomic E-state index is 0. The molecule has 0 aromatic heterocycles. The average molecular weight is 121 g/mol. The topological polar surface area (TPSA) is 29.1 Å². The van der Waals surface area contributed by atoms with Crippen molar-refractivity contribution < 1.29 is 34.4 Å². The van der Waals surface area contributed by atoms with Gasteiger partial charge in [0.05, 0.1) is 0 Å². The van der Waals surface area contributed by atoms with E-state index in [1.165, 1.54) is 6.92 Å². The minimum atomic E-state index is -0.125. The molecule has 3 heteroatoms. The normalized spacial score (nSPS) is 6.75. The molecular weight excluding hydrogens is 113 g/mol. The zero-order valence-electron chi connectivity index (χ0n) is 5.49. The van der Waals surface area contributed by atoms with Gasteiger partial charge in [-0.25, -0.2) is 0 Å². The quantitative estimate of drug-likeness (QED) is 0.300. The van der Waals surface area contributed by atoms with Crippen molar-refractivity contribution in [3.63, 3.8) is 0 Å². The minimum Gasteiger partial charge on any atom is -0.493 e. The Morgan fingerprint density at radius 2 is 1.88 bits per heavy atom. The largest absolute Gasteiger partial charge is 1.00 e. The molecule has 8 heavy (non-hydrogen) atoms. The van der Waals surface area contributed by atoms with Gasteiger partial charge in [-0.3, -0.25) is 4.79 Å². The maximum Gasteiger partial charge on any atom is 1.00 e. The number of nitrogens with one attached hydrogen (secondary N) is 1. The van der Waals surface area contributed by atoms with Crippen molar-refractivity contribution in [1.29, 1.82) is 0 Å². The summed E-state index contributed by atoms with van der Waals surface area (Å²) in [7, 11) is 0. The van der Waals surface area contributed by atoms with Gasteiger partial charge in [0, 0.05) is 6.92 Å². The third-order valence-electron chi connectivity index (χ3n) is 0.373. The summed E-state index contributed by atoms with van der Waals surface area (Å²) in [4.78, 5) is 10.0. The van der Waals surface area contributed by atoms with Crippen LogP contribution in [0.2, 0.25) is 0 Å². The van der Waals surface area contributed by atoms with E-state index in [4.69, 9.17) is 6.58 Å². The summed E-state index contributed by atoms with van der Waals surface area (Å²) in [6.07, 6.45) is 0. The number of amides is 1. The fourth-order valence-corrected chi connectivity index (χ4v) is 0.278. The van der Waals surface area contributed by atoms with E-state index in [-0.39, 0.29) is 35.5 Å². The summed E-state index contributed by atoms with van der Waals surface area (Å²) in [5.41, 5.74) is 0.438. The van der Waals surface area contributed by atoms with Gasteiger partial charge in [-0.1, -0.05) is 6.92 Å². The molecule has 0 aliphatic heterocycles. The van der Waals surface area contributed by atoms with E-state index in [0.29, 0.717) is 5.70 Å². The Balaban J connectivity index is 0. The van der Waals surface area contributed by atoms with Gasteiger partial charge in [-0.15, -0.1) is 0 Å². The van der Waals surface area contributed by atoms with Crippen LogP contribution < -0.4 is 34.9 Å². The van der Waals surface area contributed by atoms with Crippen LogP contribution in [0.5, 0.6) is 0 Å². The Kier molecular flexibility index (Phi) is 7.40. The molecule has 0 saturated heterocycles. The summed E-state index contributed by atoms with van der Waals surface area (Å²) in [6.45, 7) is 8.12. The number of rotatable bonds is 1. The maximum absolute atomic E-state index is 10.0. The van der Waals surface area contributed by atoms with E-state index in [0.717, 1.165) is 0 Å². The number of carbonyl (C=O) groups excluding carboxylic acids is 1. The van der Waals surface area contributed by atoms with Gasteiger partial charge in [0.25, 0.3) is 0 Å². The first-order valence-corrected chi connectivity index (χ1v) is 1.99. The van der Waals surface area contributed by atoms with Crippen LogP contribution in [0.4, 0.5) is 0 Å². The number of carbonyl (C=O) groups is 1. The molecule has 1 N–H and O–H groups in total. The van der Waals surface area contributed by atoms with Gasteiger partial charge in [0.15, 0.2) is 0 Å². The van der Waals surface area contributed by atoms with Crippen LogP contribution in [0.15, 0.2) is 5.70 Å². The van der Waals surface area contributed by atoms with Crippen molar-refractivity contribution in [1.82, 2.24) is 5.32 Å². The first-order valence-electron chi connectivity index (χ1n) is 1.99. The van der Waals surface area contributed by atoms with Gasteiger partial charge in [-0.05, 0) is 0 Å². The van der Waals surface area contributed by atoms with Crippen LogP contribution in [0.25, 0.3) is 0 Å². The molecule has 0 bridgehead atoms. The van der Waals surface area contributed by atoms with Crippen LogP contribution in [-0.4, -0.2) is 5.91 Å². The number of allylic oxidation sites excluding steroid dienone is 1. The summed E-state index contributed by atoms with van der Waals surface area (Å²) < 4.78 is 0. The Morgan fingerprint density at radius 1 is 1.50 bits per heavy atom. The predicted octanol–water partition coefficient (Wildman–Crippen LogP) is -2.54. The molecule has 0 atom stereocenters. The van der Waals surface area contributed by atoms with Gasteiger partial charge < -0.3 is 11.9 Å². The Morgan fingerprint density at radius 3 is 1.88 bits per heavy atom. The Hall–Kier alpha value is 0.210. The summed E-state index contributed by atoms with van der Waals surface area (Å²) in [5, 5.41) is 2.36. The third kappa shape index (κ3) is 9.51. The first-order chi connectivity index (χ1) is 3.13. The predicted molar refractivity (Wildman–Crippen MR) is 27.3 cm³/mol. The summed E-state index contributed by atoms with van der Waals surface area (Å²) in [6, 6.07) is 0. The van der Waals surface area contributed by atoms with Crippen LogP contribution in [-0.2, 0) is 4.79 Å². The van der Waals surface area contributed by atoms with Crippen molar-refractivity contribution in [2.75, 3.05) is 0 Å². The van der Waals surface area contributed by atoms with Crippen molar-refractivity contribution in [3.05, 3.63) is 12.3 Å². The van der Waals surface area contributed by atoms with Crippen LogP contribution in [0.3, 0.4) is 0 Å². The molecular formula is C5H8NNaO. The van der Waals surface area contributed by atoms with Crippen molar-refractivity contribution in [2.24, 2.45) is 0 Å². The SMILES string of the molecule is [CH-]=C(C)NC(C)=O.[Na+]. The third-order valence-corrected chi connectivity index (χ3v) is 0.373. The monoisotopic (exact) mass is 121 g/mol. The molecule has 0 saturated carbocycles. The second-order valence-electron chi connectivity index (χ2n) is 1.36. The second-order valence-corrected chi connectivity index (χ2v) is 1.36. The fourth-order valence-electron chi connectivity index (χ4n) is 0.278. The molecule has 0 aromatic rings. The number of hydrogen-bond donors (Lipinski definition) is 1. The smallest absolute Gasteiger partial charge is 0.493 e. The zero-order valence-corrected chi connectivity index (χ0v) is 7.49. The van der Waals surface area contributed by atoms with E-state index in [2.05, 4.69) is 5.32 Å². The Bertz CT molecular complexity index is 88.6. The average Bonchev–Trinajstić information content (AvgIpc) is 1.27. The molecule has 0 aromatic carbocycles. The summed E-state index contributed by atoms with van der Waals surface area (Å²) in [5.74, 6) is -0.125. The molecule has 0 spiro atoms. The molecule has 0 rings (SSSR count). The molecule has 2 nitrogen and oxygen atoms in total. The first kappa shape index (κ1) is 11.1. The van der Waals surface area contributed by atoms with E-state index in [9.17, 15) is 4.79 Å². The van der Waals surface area contributed by atoms with Gasteiger partial charge in [0.2, 0.25) is 5.91 Å². The van der Waals surface area contributed by atoms with Crippen LogP contribution >= 0.6 is 0 Å². The molecule has 0 aliphatic carbocycles. The van der Waals surface area contributed by atoms with Crippen LogP contribution in [0.1, 0.15) is 13.8 Å². The summed E-state index contributed by atoms with van der Waals surface area (Å²) >= 11 is 0. The molecule has 0 heterocycles. The van der Waals surface area contributed by atoms with E-state index in [1.807, 2.05) is 0 Å². The van der Waals surface area contributed by atoms with Gasteiger partial charge in [0.1, 0.15) is 0 Å². The van der Waals surface area contributed by atoms with E-state index >= 15 is 0 Å². The van der Waals surface area contributed by atoms with E-state index < -0.39 is 0 Å².